The van der Waals surface area contributed by atoms with Crippen molar-refractivity contribution in [2.45, 2.75) is 71.1 Å². The summed E-state index contributed by atoms with van der Waals surface area (Å²) in [6, 6.07) is -5.48. The Morgan fingerprint density at radius 3 is 1.56 bits per heavy atom. The van der Waals surface area contributed by atoms with E-state index in [1.54, 1.807) is 27.7 Å². The standard InChI is InChI=1S/C19H33N5O8/c1-8(2)5-12(19(31)32)24-16(28)10(6-13(20)25)22-17(29)11(7-14(26)27)23-18(30)15(21)9(3)4/h8-12,15H,5-7,21H2,1-4H3,(H2,20,25)(H,22,29)(H,23,30)(H,24,28)(H,26,27)(H,31,32). The average Bonchev–Trinajstić information content (AvgIpc) is 2.64. The fraction of sp³-hybridized carbons (Fsp3) is 0.684. The van der Waals surface area contributed by atoms with Gasteiger partial charge in [0.05, 0.1) is 18.9 Å². The van der Waals surface area contributed by atoms with E-state index in [4.69, 9.17) is 16.6 Å². The summed E-state index contributed by atoms with van der Waals surface area (Å²) in [5.41, 5.74) is 10.8. The Hall–Kier alpha value is -3.22. The lowest BCUT2D eigenvalue weighted by molar-refractivity contribution is -0.144. The molecule has 0 spiro atoms. The zero-order valence-corrected chi connectivity index (χ0v) is 18.6. The number of nitrogens with two attached hydrogens (primary N) is 2. The number of amides is 4. The maximum Gasteiger partial charge on any atom is 0.326 e. The lowest BCUT2D eigenvalue weighted by atomic mass is 10.0. The second kappa shape index (κ2) is 13.2. The maximum absolute atomic E-state index is 12.6. The van der Waals surface area contributed by atoms with Crippen LogP contribution < -0.4 is 27.4 Å². The molecule has 0 aromatic rings. The molecule has 32 heavy (non-hydrogen) atoms. The van der Waals surface area contributed by atoms with Gasteiger partial charge in [0.1, 0.15) is 18.1 Å². The second-order valence-corrected chi connectivity index (χ2v) is 8.19. The van der Waals surface area contributed by atoms with E-state index in [-0.39, 0.29) is 18.3 Å². The molecule has 13 heteroatoms. The number of nitrogens with one attached hydrogen (secondary N) is 3. The Morgan fingerprint density at radius 1 is 0.750 bits per heavy atom. The topological polar surface area (TPSA) is 231 Å². The number of primary amides is 1. The highest BCUT2D eigenvalue weighted by atomic mass is 16.4. The van der Waals surface area contributed by atoms with Crippen LogP contribution in [-0.4, -0.2) is 69.9 Å². The minimum atomic E-state index is -1.60. The molecule has 4 unspecified atom stereocenters. The first-order chi connectivity index (χ1) is 14.6. The maximum atomic E-state index is 12.6. The van der Waals surface area contributed by atoms with E-state index in [9.17, 15) is 33.9 Å². The van der Waals surface area contributed by atoms with Gasteiger partial charge in [-0.1, -0.05) is 27.7 Å². The van der Waals surface area contributed by atoms with E-state index in [1.807, 2.05) is 0 Å². The summed E-state index contributed by atoms with van der Waals surface area (Å²) < 4.78 is 0. The van der Waals surface area contributed by atoms with E-state index in [1.165, 1.54) is 0 Å². The largest absolute Gasteiger partial charge is 0.481 e. The van der Waals surface area contributed by atoms with Crippen LogP contribution >= 0.6 is 0 Å². The molecule has 0 fully saturated rings. The first-order valence-electron chi connectivity index (χ1n) is 10.0. The predicted molar refractivity (Wildman–Crippen MR) is 112 cm³/mol. The molecule has 0 aromatic carbocycles. The first-order valence-corrected chi connectivity index (χ1v) is 10.0. The van der Waals surface area contributed by atoms with Gasteiger partial charge in [-0.15, -0.1) is 0 Å². The molecule has 0 bridgehead atoms. The number of carboxylic acids is 2. The van der Waals surface area contributed by atoms with Gasteiger partial charge in [-0.05, 0) is 18.3 Å². The molecule has 0 heterocycles. The van der Waals surface area contributed by atoms with Crippen LogP contribution in [0.5, 0.6) is 0 Å². The Labute approximate surface area is 185 Å². The van der Waals surface area contributed by atoms with Gasteiger partial charge in [0.2, 0.25) is 23.6 Å². The molecule has 0 aliphatic rings. The van der Waals surface area contributed by atoms with Crippen LogP contribution in [0.3, 0.4) is 0 Å². The summed E-state index contributed by atoms with van der Waals surface area (Å²) >= 11 is 0. The second-order valence-electron chi connectivity index (χ2n) is 8.19. The summed E-state index contributed by atoms with van der Waals surface area (Å²) in [5.74, 6) is -6.93. The van der Waals surface area contributed by atoms with Crippen molar-refractivity contribution in [1.82, 2.24) is 16.0 Å². The lowest BCUT2D eigenvalue weighted by Gasteiger charge is -2.25. The van der Waals surface area contributed by atoms with Gasteiger partial charge < -0.3 is 37.6 Å². The summed E-state index contributed by atoms with van der Waals surface area (Å²) in [6.07, 6.45) is -1.41. The Morgan fingerprint density at radius 2 is 1.19 bits per heavy atom. The molecular formula is C19H33N5O8. The number of carbonyl (C=O) groups excluding carboxylic acids is 4. The number of aliphatic carboxylic acids is 2. The number of carbonyl (C=O) groups is 6. The van der Waals surface area contributed by atoms with E-state index in [2.05, 4.69) is 16.0 Å². The fourth-order valence-electron chi connectivity index (χ4n) is 2.60. The van der Waals surface area contributed by atoms with Gasteiger partial charge >= 0.3 is 11.9 Å². The molecule has 4 atom stereocenters. The van der Waals surface area contributed by atoms with Crippen LogP contribution in [-0.2, 0) is 28.8 Å². The van der Waals surface area contributed by atoms with Crippen LogP contribution in [0.1, 0.15) is 47.0 Å². The molecule has 4 amide bonds. The van der Waals surface area contributed by atoms with Gasteiger partial charge in [-0.25, -0.2) is 4.79 Å². The zero-order chi connectivity index (χ0) is 25.2. The normalized spacial score (nSPS) is 14.7. The SMILES string of the molecule is CC(C)CC(NC(=O)C(CC(N)=O)NC(=O)C(CC(=O)O)NC(=O)C(N)C(C)C)C(=O)O. The van der Waals surface area contributed by atoms with E-state index >= 15 is 0 Å². The Kier molecular flexibility index (Phi) is 11.9. The average molecular weight is 460 g/mol. The summed E-state index contributed by atoms with van der Waals surface area (Å²) in [4.78, 5) is 71.3. The third-order valence-corrected chi connectivity index (χ3v) is 4.39. The van der Waals surface area contributed by atoms with Crippen molar-refractivity contribution in [3.05, 3.63) is 0 Å². The minimum absolute atomic E-state index is 0.0825. The minimum Gasteiger partial charge on any atom is -0.481 e. The lowest BCUT2D eigenvalue weighted by Crippen LogP contribution is -2.58. The summed E-state index contributed by atoms with van der Waals surface area (Å²) in [6.45, 7) is 6.79. The van der Waals surface area contributed by atoms with Crippen molar-refractivity contribution >= 4 is 35.6 Å². The highest BCUT2D eigenvalue weighted by Gasteiger charge is 2.32. The van der Waals surface area contributed by atoms with Gasteiger partial charge in [0.25, 0.3) is 0 Å². The van der Waals surface area contributed by atoms with Crippen molar-refractivity contribution in [2.24, 2.45) is 23.3 Å². The highest BCUT2D eigenvalue weighted by molar-refractivity contribution is 5.97. The molecule has 0 aliphatic carbocycles. The van der Waals surface area contributed by atoms with Crippen LogP contribution in [0.4, 0.5) is 0 Å². The van der Waals surface area contributed by atoms with E-state index in [0.717, 1.165) is 0 Å². The molecule has 0 radical (unpaired) electrons. The van der Waals surface area contributed by atoms with E-state index < -0.39 is 72.6 Å². The molecule has 9 N–H and O–H groups in total. The van der Waals surface area contributed by atoms with Crippen LogP contribution in [0, 0.1) is 11.8 Å². The molecule has 0 aromatic heterocycles. The molecule has 182 valence electrons. The van der Waals surface area contributed by atoms with Crippen molar-refractivity contribution in [3.63, 3.8) is 0 Å². The van der Waals surface area contributed by atoms with Crippen LogP contribution in [0.15, 0.2) is 0 Å². The number of hydrogen-bond donors (Lipinski definition) is 7. The highest BCUT2D eigenvalue weighted by Crippen LogP contribution is 2.07. The fourth-order valence-corrected chi connectivity index (χ4v) is 2.60. The van der Waals surface area contributed by atoms with Gasteiger partial charge in [-0.2, -0.15) is 0 Å². The first kappa shape index (κ1) is 28.8. The van der Waals surface area contributed by atoms with Crippen LogP contribution in [0.2, 0.25) is 0 Å². The number of hydrogen-bond acceptors (Lipinski definition) is 7. The van der Waals surface area contributed by atoms with Gasteiger partial charge in [0.15, 0.2) is 0 Å². The summed E-state index contributed by atoms with van der Waals surface area (Å²) in [7, 11) is 0. The van der Waals surface area contributed by atoms with Crippen molar-refractivity contribution in [2.75, 3.05) is 0 Å². The van der Waals surface area contributed by atoms with Crippen molar-refractivity contribution < 1.29 is 39.0 Å². The zero-order valence-electron chi connectivity index (χ0n) is 18.6. The molecule has 0 rings (SSSR count). The third-order valence-electron chi connectivity index (χ3n) is 4.39. The number of rotatable bonds is 14. The predicted octanol–water partition coefficient (Wildman–Crippen LogP) is -2.10. The molecule has 0 saturated heterocycles. The Balaban J connectivity index is 5.56. The number of carboxylic acid groups (broad SMARTS) is 2. The molecule has 0 aliphatic heterocycles. The monoisotopic (exact) mass is 459 g/mol. The van der Waals surface area contributed by atoms with Crippen molar-refractivity contribution in [1.29, 1.82) is 0 Å². The molecule has 0 saturated carbocycles. The van der Waals surface area contributed by atoms with Gasteiger partial charge in [-0.3, -0.25) is 24.0 Å². The van der Waals surface area contributed by atoms with Crippen molar-refractivity contribution in [3.8, 4) is 0 Å². The quantitative estimate of drug-likeness (QED) is 0.151. The van der Waals surface area contributed by atoms with Crippen LogP contribution in [0.25, 0.3) is 0 Å². The smallest absolute Gasteiger partial charge is 0.326 e. The van der Waals surface area contributed by atoms with Gasteiger partial charge in [0, 0.05) is 0 Å². The Bertz CT molecular complexity index is 725. The third kappa shape index (κ3) is 10.7. The van der Waals surface area contributed by atoms with E-state index in [0.29, 0.717) is 0 Å². The summed E-state index contributed by atoms with van der Waals surface area (Å²) in [5, 5.41) is 24.9. The molecular weight excluding hydrogens is 426 g/mol. The molecule has 13 nitrogen and oxygen atoms in total.